The molecular formula is C14H7Cl2NOS3. The molecule has 106 valence electrons. The molecule has 7 heteroatoms. The maximum absolute atomic E-state index is 12.5. The number of thiocarbonyl (C=S) groups is 1. The largest absolute Gasteiger partial charge is 0.270 e. The van der Waals surface area contributed by atoms with Gasteiger partial charge in [0.2, 0.25) is 0 Å². The second kappa shape index (κ2) is 6.10. The van der Waals surface area contributed by atoms with E-state index in [1.807, 2.05) is 23.6 Å². The summed E-state index contributed by atoms with van der Waals surface area (Å²) in [5, 5.41) is 2.80. The Labute approximate surface area is 145 Å². The minimum Gasteiger partial charge on any atom is -0.268 e. The average molecular weight is 372 g/mol. The van der Waals surface area contributed by atoms with Crippen molar-refractivity contribution in [3.8, 4) is 0 Å². The van der Waals surface area contributed by atoms with Gasteiger partial charge in [-0.05, 0) is 35.7 Å². The minimum atomic E-state index is -0.142. The van der Waals surface area contributed by atoms with E-state index in [-0.39, 0.29) is 5.91 Å². The normalized spacial score (nSPS) is 17.0. The summed E-state index contributed by atoms with van der Waals surface area (Å²) in [4.78, 5) is 15.6. The highest BCUT2D eigenvalue weighted by molar-refractivity contribution is 8.27. The van der Waals surface area contributed by atoms with E-state index in [9.17, 15) is 4.79 Å². The van der Waals surface area contributed by atoms with Crippen LogP contribution in [0.1, 0.15) is 4.88 Å². The van der Waals surface area contributed by atoms with E-state index in [0.717, 1.165) is 4.88 Å². The summed E-state index contributed by atoms with van der Waals surface area (Å²) in [6.45, 7) is 0. The van der Waals surface area contributed by atoms with Gasteiger partial charge in [-0.3, -0.25) is 9.69 Å². The Morgan fingerprint density at radius 1 is 1.19 bits per heavy atom. The molecule has 1 amide bonds. The molecule has 1 fully saturated rings. The Bertz CT molecular complexity index is 756. The zero-order valence-corrected chi connectivity index (χ0v) is 14.3. The molecule has 0 bridgehead atoms. The third-order valence-electron chi connectivity index (χ3n) is 2.77. The molecule has 1 aliphatic rings. The zero-order valence-electron chi connectivity index (χ0n) is 10.4. The standard InChI is InChI=1S/C14H7Cl2NOS3/c15-10-4-3-8(6-11(10)16)17-13(18)12(21-14(17)19)7-9-2-1-5-20-9/h1-7H/b12-7+. The molecule has 2 heterocycles. The van der Waals surface area contributed by atoms with Crippen LogP contribution in [0, 0.1) is 0 Å². The highest BCUT2D eigenvalue weighted by Gasteiger charge is 2.33. The second-order valence-corrected chi connectivity index (χ2v) is 7.60. The van der Waals surface area contributed by atoms with E-state index in [1.54, 1.807) is 29.5 Å². The lowest BCUT2D eigenvalue weighted by molar-refractivity contribution is -0.113. The van der Waals surface area contributed by atoms with Crippen LogP contribution in [0.4, 0.5) is 5.69 Å². The molecular weight excluding hydrogens is 365 g/mol. The number of nitrogens with zero attached hydrogens (tertiary/aromatic N) is 1. The summed E-state index contributed by atoms with van der Waals surface area (Å²) in [7, 11) is 0. The number of benzene rings is 1. The summed E-state index contributed by atoms with van der Waals surface area (Å²) in [6, 6.07) is 8.92. The van der Waals surface area contributed by atoms with Crippen molar-refractivity contribution in [2.24, 2.45) is 0 Å². The van der Waals surface area contributed by atoms with Crippen molar-refractivity contribution in [1.29, 1.82) is 0 Å². The molecule has 21 heavy (non-hydrogen) atoms. The van der Waals surface area contributed by atoms with E-state index >= 15 is 0 Å². The van der Waals surface area contributed by atoms with Crippen LogP contribution in [-0.2, 0) is 4.79 Å². The molecule has 1 saturated heterocycles. The fraction of sp³-hybridized carbons (Fsp3) is 0. The molecule has 1 aliphatic heterocycles. The number of anilines is 1. The van der Waals surface area contributed by atoms with Crippen LogP contribution in [0.3, 0.4) is 0 Å². The first-order chi connectivity index (χ1) is 10.1. The highest BCUT2D eigenvalue weighted by Crippen LogP contribution is 2.38. The van der Waals surface area contributed by atoms with Crippen molar-refractivity contribution in [2.75, 3.05) is 4.90 Å². The number of halogens is 2. The van der Waals surface area contributed by atoms with Crippen LogP contribution < -0.4 is 4.90 Å². The first-order valence-corrected chi connectivity index (χ1v) is 8.69. The predicted octanol–water partition coefficient (Wildman–Crippen LogP) is 5.46. The fourth-order valence-corrected chi connectivity index (χ4v) is 4.13. The van der Waals surface area contributed by atoms with Crippen molar-refractivity contribution in [1.82, 2.24) is 0 Å². The number of thiophene rings is 1. The van der Waals surface area contributed by atoms with Crippen molar-refractivity contribution < 1.29 is 4.79 Å². The molecule has 0 radical (unpaired) electrons. The lowest BCUT2D eigenvalue weighted by atomic mass is 10.3. The monoisotopic (exact) mass is 371 g/mol. The minimum absolute atomic E-state index is 0.142. The topological polar surface area (TPSA) is 20.3 Å². The first-order valence-electron chi connectivity index (χ1n) is 5.83. The number of carbonyl (C=O) groups excluding carboxylic acids is 1. The third-order valence-corrected chi connectivity index (χ3v) is 5.63. The Kier molecular flexibility index (Phi) is 4.38. The molecule has 1 aromatic carbocycles. The molecule has 0 N–H and O–H groups in total. The summed E-state index contributed by atoms with van der Waals surface area (Å²) in [5.74, 6) is -0.142. The van der Waals surface area contributed by atoms with Gasteiger partial charge in [0.25, 0.3) is 5.91 Å². The Balaban J connectivity index is 1.95. The maximum atomic E-state index is 12.5. The summed E-state index contributed by atoms with van der Waals surface area (Å²) >= 11 is 20.1. The van der Waals surface area contributed by atoms with Crippen molar-refractivity contribution in [3.05, 3.63) is 55.5 Å². The smallest absolute Gasteiger partial charge is 0.268 e. The number of hydrogen-bond donors (Lipinski definition) is 0. The maximum Gasteiger partial charge on any atom is 0.270 e. The van der Waals surface area contributed by atoms with Gasteiger partial charge in [-0.1, -0.05) is 53.2 Å². The summed E-state index contributed by atoms with van der Waals surface area (Å²) < 4.78 is 0.487. The number of thioether (sulfide) groups is 1. The van der Waals surface area contributed by atoms with Crippen LogP contribution in [0.5, 0.6) is 0 Å². The predicted molar refractivity (Wildman–Crippen MR) is 96.4 cm³/mol. The number of carbonyl (C=O) groups is 1. The second-order valence-electron chi connectivity index (χ2n) is 4.13. The van der Waals surface area contributed by atoms with E-state index in [4.69, 9.17) is 35.4 Å². The fourth-order valence-electron chi connectivity index (χ4n) is 1.82. The lowest BCUT2D eigenvalue weighted by Gasteiger charge is -2.15. The summed E-state index contributed by atoms with van der Waals surface area (Å²) in [5.41, 5.74) is 0.626. The van der Waals surface area contributed by atoms with E-state index in [0.29, 0.717) is 25.0 Å². The van der Waals surface area contributed by atoms with Crippen molar-refractivity contribution in [3.63, 3.8) is 0 Å². The van der Waals surface area contributed by atoms with E-state index < -0.39 is 0 Å². The molecule has 1 aromatic heterocycles. The van der Waals surface area contributed by atoms with Gasteiger partial charge in [0, 0.05) is 4.88 Å². The first kappa shape index (κ1) is 15.1. The molecule has 0 unspecified atom stereocenters. The van der Waals surface area contributed by atoms with E-state index in [1.165, 1.54) is 16.7 Å². The number of amides is 1. The average Bonchev–Trinajstić information content (AvgIpc) is 3.03. The van der Waals surface area contributed by atoms with Crippen molar-refractivity contribution >= 4 is 80.5 Å². The van der Waals surface area contributed by atoms with Gasteiger partial charge in [-0.25, -0.2) is 0 Å². The lowest BCUT2D eigenvalue weighted by Crippen LogP contribution is -2.27. The molecule has 0 saturated carbocycles. The molecule has 0 atom stereocenters. The van der Waals surface area contributed by atoms with Crippen LogP contribution in [-0.4, -0.2) is 10.2 Å². The molecule has 3 rings (SSSR count). The van der Waals surface area contributed by atoms with Gasteiger partial charge >= 0.3 is 0 Å². The van der Waals surface area contributed by atoms with Gasteiger partial charge in [-0.2, -0.15) is 0 Å². The number of rotatable bonds is 2. The Hall–Kier alpha value is -0.850. The quantitative estimate of drug-likeness (QED) is 0.516. The summed E-state index contributed by atoms with van der Waals surface area (Å²) in [6.07, 6.45) is 1.85. The van der Waals surface area contributed by atoms with Gasteiger partial charge < -0.3 is 0 Å². The van der Waals surface area contributed by atoms with E-state index in [2.05, 4.69) is 0 Å². The van der Waals surface area contributed by atoms with Gasteiger partial charge in [0.15, 0.2) is 4.32 Å². The SMILES string of the molecule is O=C1/C(=C\c2cccs2)SC(=S)N1c1ccc(Cl)c(Cl)c1. The molecule has 2 aromatic rings. The van der Waals surface area contributed by atoms with Crippen LogP contribution in [0.15, 0.2) is 40.6 Å². The highest BCUT2D eigenvalue weighted by atomic mass is 35.5. The van der Waals surface area contributed by atoms with Gasteiger partial charge in [-0.15, -0.1) is 11.3 Å². The Morgan fingerprint density at radius 2 is 2.00 bits per heavy atom. The Morgan fingerprint density at radius 3 is 2.67 bits per heavy atom. The van der Waals surface area contributed by atoms with Crippen LogP contribution in [0.2, 0.25) is 10.0 Å². The number of hydrogen-bond acceptors (Lipinski definition) is 4. The van der Waals surface area contributed by atoms with Crippen LogP contribution >= 0.6 is 58.5 Å². The molecule has 2 nitrogen and oxygen atoms in total. The molecule has 0 spiro atoms. The van der Waals surface area contributed by atoms with Gasteiger partial charge in [0.1, 0.15) is 0 Å². The van der Waals surface area contributed by atoms with Gasteiger partial charge in [0.05, 0.1) is 20.6 Å². The molecule has 0 aliphatic carbocycles. The zero-order chi connectivity index (χ0) is 15.0. The van der Waals surface area contributed by atoms with Crippen LogP contribution in [0.25, 0.3) is 6.08 Å². The third kappa shape index (κ3) is 3.03. The van der Waals surface area contributed by atoms with Crippen molar-refractivity contribution in [2.45, 2.75) is 0 Å².